The molecule has 0 aliphatic heterocycles. The Balaban J connectivity index is 2.18. The number of halogens is 3. The van der Waals surface area contributed by atoms with Crippen molar-refractivity contribution in [3.05, 3.63) is 61.8 Å². The smallest absolute Gasteiger partial charge is 0.0846 e. The number of rotatable bonds is 3. The SMILES string of the molecule is OC(Cc1ccc(Br)cc1Cl)c1cncc(Br)c1. The van der Waals surface area contributed by atoms with Crippen molar-refractivity contribution in [1.82, 2.24) is 4.98 Å². The van der Waals surface area contributed by atoms with Crippen LogP contribution in [0.25, 0.3) is 0 Å². The van der Waals surface area contributed by atoms with Gasteiger partial charge < -0.3 is 5.11 Å². The van der Waals surface area contributed by atoms with E-state index in [-0.39, 0.29) is 0 Å². The van der Waals surface area contributed by atoms with Crippen LogP contribution in [0.5, 0.6) is 0 Å². The van der Waals surface area contributed by atoms with Crippen LogP contribution < -0.4 is 0 Å². The number of aromatic nitrogens is 1. The van der Waals surface area contributed by atoms with Crippen molar-refractivity contribution in [2.45, 2.75) is 12.5 Å². The second-order valence-electron chi connectivity index (χ2n) is 3.89. The molecule has 0 aliphatic carbocycles. The van der Waals surface area contributed by atoms with E-state index < -0.39 is 6.10 Å². The molecule has 1 atom stereocenters. The molecule has 1 N–H and O–H groups in total. The largest absolute Gasteiger partial charge is 0.388 e. The Morgan fingerprint density at radius 3 is 2.61 bits per heavy atom. The van der Waals surface area contributed by atoms with Gasteiger partial charge in [0.1, 0.15) is 0 Å². The first kappa shape index (κ1) is 14.0. The van der Waals surface area contributed by atoms with Gasteiger partial charge >= 0.3 is 0 Å². The number of hydrogen-bond acceptors (Lipinski definition) is 2. The second kappa shape index (κ2) is 6.15. The molecule has 1 aromatic heterocycles. The predicted molar refractivity (Wildman–Crippen MR) is 79.8 cm³/mol. The van der Waals surface area contributed by atoms with E-state index in [4.69, 9.17) is 11.6 Å². The minimum absolute atomic E-state index is 0.463. The highest BCUT2D eigenvalue weighted by atomic mass is 79.9. The fraction of sp³-hybridized carbons (Fsp3) is 0.154. The van der Waals surface area contributed by atoms with E-state index in [0.29, 0.717) is 11.4 Å². The molecule has 0 amide bonds. The fourth-order valence-electron chi connectivity index (χ4n) is 1.62. The third-order valence-electron chi connectivity index (χ3n) is 2.54. The second-order valence-corrected chi connectivity index (χ2v) is 6.13. The van der Waals surface area contributed by atoms with Crippen LogP contribution in [0.4, 0.5) is 0 Å². The van der Waals surface area contributed by atoms with Crippen molar-refractivity contribution in [1.29, 1.82) is 0 Å². The molecule has 0 bridgehead atoms. The summed E-state index contributed by atoms with van der Waals surface area (Å²) in [5.41, 5.74) is 1.68. The summed E-state index contributed by atoms with van der Waals surface area (Å²) in [6.45, 7) is 0. The van der Waals surface area contributed by atoms with E-state index in [9.17, 15) is 5.11 Å². The molecular formula is C13H10Br2ClNO. The molecule has 0 fully saturated rings. The van der Waals surface area contributed by atoms with E-state index in [2.05, 4.69) is 36.8 Å². The van der Waals surface area contributed by atoms with Crippen molar-refractivity contribution in [2.24, 2.45) is 0 Å². The number of hydrogen-bond donors (Lipinski definition) is 1. The quantitative estimate of drug-likeness (QED) is 0.834. The highest BCUT2D eigenvalue weighted by Gasteiger charge is 2.11. The van der Waals surface area contributed by atoms with Crippen molar-refractivity contribution in [3.63, 3.8) is 0 Å². The van der Waals surface area contributed by atoms with Gasteiger partial charge in [-0.25, -0.2) is 0 Å². The standard InChI is InChI=1S/C13H10Br2ClNO/c14-10-2-1-8(12(16)5-10)4-13(18)9-3-11(15)7-17-6-9/h1-3,5-7,13,18H,4H2. The molecule has 1 heterocycles. The molecule has 2 nitrogen and oxygen atoms in total. The Hall–Kier alpha value is -0.420. The zero-order valence-corrected chi connectivity index (χ0v) is 13.2. The summed E-state index contributed by atoms with van der Waals surface area (Å²) >= 11 is 12.8. The number of aliphatic hydroxyl groups is 1. The molecule has 5 heteroatoms. The van der Waals surface area contributed by atoms with E-state index in [1.54, 1.807) is 12.4 Å². The maximum absolute atomic E-state index is 10.2. The summed E-state index contributed by atoms with van der Waals surface area (Å²) in [5.74, 6) is 0. The molecule has 94 valence electrons. The first-order valence-corrected chi connectivity index (χ1v) is 7.25. The molecule has 1 unspecified atom stereocenters. The Labute approximate surface area is 127 Å². The average Bonchev–Trinajstić information content (AvgIpc) is 2.32. The van der Waals surface area contributed by atoms with Gasteiger partial charge in [-0.3, -0.25) is 4.98 Å². The van der Waals surface area contributed by atoms with Gasteiger partial charge in [0, 0.05) is 38.3 Å². The summed E-state index contributed by atoms with van der Waals surface area (Å²) in [7, 11) is 0. The lowest BCUT2D eigenvalue weighted by molar-refractivity contribution is 0.178. The number of nitrogens with zero attached hydrogens (tertiary/aromatic N) is 1. The van der Waals surface area contributed by atoms with E-state index in [1.807, 2.05) is 24.3 Å². The normalized spacial score (nSPS) is 12.4. The summed E-state index contributed by atoms with van der Waals surface area (Å²) in [6, 6.07) is 7.49. The number of aliphatic hydroxyl groups excluding tert-OH is 1. The van der Waals surface area contributed by atoms with Crippen LogP contribution in [-0.2, 0) is 6.42 Å². The van der Waals surface area contributed by atoms with Gasteiger partial charge in [0.15, 0.2) is 0 Å². The van der Waals surface area contributed by atoms with Crippen LogP contribution in [0.2, 0.25) is 5.02 Å². The summed E-state index contributed by atoms with van der Waals surface area (Å²) in [5, 5.41) is 10.8. The summed E-state index contributed by atoms with van der Waals surface area (Å²) < 4.78 is 1.77. The van der Waals surface area contributed by atoms with Gasteiger partial charge in [0.05, 0.1) is 6.10 Å². The zero-order valence-electron chi connectivity index (χ0n) is 9.28. The van der Waals surface area contributed by atoms with E-state index in [0.717, 1.165) is 20.1 Å². The summed E-state index contributed by atoms with van der Waals surface area (Å²) in [6.07, 6.45) is 3.18. The Bertz CT molecular complexity index is 562. The summed E-state index contributed by atoms with van der Waals surface area (Å²) in [4.78, 5) is 4.04. The van der Waals surface area contributed by atoms with E-state index in [1.165, 1.54) is 0 Å². The first-order chi connectivity index (χ1) is 8.56. The lowest BCUT2D eigenvalue weighted by Crippen LogP contribution is -2.03. The fourth-order valence-corrected chi connectivity index (χ4v) is 2.76. The van der Waals surface area contributed by atoms with E-state index >= 15 is 0 Å². The van der Waals surface area contributed by atoms with Gasteiger partial charge in [0.2, 0.25) is 0 Å². The maximum atomic E-state index is 10.2. The van der Waals surface area contributed by atoms with Crippen LogP contribution in [0, 0.1) is 0 Å². The molecule has 0 saturated heterocycles. The Morgan fingerprint density at radius 2 is 1.94 bits per heavy atom. The number of benzene rings is 1. The highest BCUT2D eigenvalue weighted by molar-refractivity contribution is 9.10. The van der Waals surface area contributed by atoms with Gasteiger partial charge in [-0.15, -0.1) is 0 Å². The van der Waals surface area contributed by atoms with Crippen molar-refractivity contribution in [3.8, 4) is 0 Å². The molecule has 0 radical (unpaired) electrons. The first-order valence-electron chi connectivity index (χ1n) is 5.28. The predicted octanol–water partition coefficient (Wildman–Crippen LogP) is 4.54. The molecule has 2 rings (SSSR count). The third kappa shape index (κ3) is 3.54. The van der Waals surface area contributed by atoms with Crippen LogP contribution in [-0.4, -0.2) is 10.1 Å². The highest BCUT2D eigenvalue weighted by Crippen LogP contribution is 2.26. The Morgan fingerprint density at radius 1 is 1.17 bits per heavy atom. The van der Waals surface area contributed by atoms with Gasteiger partial charge in [-0.1, -0.05) is 33.6 Å². The monoisotopic (exact) mass is 389 g/mol. The lowest BCUT2D eigenvalue weighted by Gasteiger charge is -2.12. The minimum Gasteiger partial charge on any atom is -0.388 e. The van der Waals surface area contributed by atoms with Crippen molar-refractivity contribution >= 4 is 43.5 Å². The average molecular weight is 391 g/mol. The minimum atomic E-state index is -0.617. The maximum Gasteiger partial charge on any atom is 0.0846 e. The van der Waals surface area contributed by atoms with Crippen LogP contribution in [0.15, 0.2) is 45.6 Å². The lowest BCUT2D eigenvalue weighted by atomic mass is 10.0. The van der Waals surface area contributed by atoms with Gasteiger partial charge in [-0.05, 0) is 39.7 Å². The van der Waals surface area contributed by atoms with Crippen LogP contribution in [0.3, 0.4) is 0 Å². The topological polar surface area (TPSA) is 33.1 Å². The third-order valence-corrected chi connectivity index (χ3v) is 3.82. The molecule has 1 aromatic carbocycles. The van der Waals surface area contributed by atoms with Crippen LogP contribution >= 0.6 is 43.5 Å². The molecular weight excluding hydrogens is 381 g/mol. The van der Waals surface area contributed by atoms with Gasteiger partial charge in [-0.2, -0.15) is 0 Å². The van der Waals surface area contributed by atoms with Crippen LogP contribution in [0.1, 0.15) is 17.2 Å². The molecule has 0 aliphatic rings. The zero-order chi connectivity index (χ0) is 13.1. The van der Waals surface area contributed by atoms with Crippen molar-refractivity contribution < 1.29 is 5.11 Å². The molecule has 18 heavy (non-hydrogen) atoms. The molecule has 0 spiro atoms. The molecule has 2 aromatic rings. The van der Waals surface area contributed by atoms with Crippen molar-refractivity contribution in [2.75, 3.05) is 0 Å². The Kier molecular flexibility index (Phi) is 4.78. The molecule has 0 saturated carbocycles. The van der Waals surface area contributed by atoms with Gasteiger partial charge in [0.25, 0.3) is 0 Å². The number of pyridine rings is 1.